The molecule has 5 nitrogen and oxygen atoms in total. The van der Waals surface area contributed by atoms with Gasteiger partial charge in [-0.3, -0.25) is 14.5 Å². The van der Waals surface area contributed by atoms with E-state index in [4.69, 9.17) is 0 Å². The number of carbonyl (C=O) groups excluding carboxylic acids is 2. The summed E-state index contributed by atoms with van der Waals surface area (Å²) in [5, 5.41) is 2.89. The summed E-state index contributed by atoms with van der Waals surface area (Å²) in [6.07, 6.45) is 0.301. The summed E-state index contributed by atoms with van der Waals surface area (Å²) in [7, 11) is 1.37. The summed E-state index contributed by atoms with van der Waals surface area (Å²) in [6, 6.07) is 8.06. The van der Waals surface area contributed by atoms with Crippen LogP contribution < -0.4 is 5.32 Å². The van der Waals surface area contributed by atoms with Gasteiger partial charge in [0.1, 0.15) is 0 Å². The van der Waals surface area contributed by atoms with Crippen LogP contribution in [0.15, 0.2) is 24.3 Å². The van der Waals surface area contributed by atoms with Crippen molar-refractivity contribution in [3.05, 3.63) is 35.4 Å². The van der Waals surface area contributed by atoms with Crippen LogP contribution in [0.5, 0.6) is 0 Å². The Morgan fingerprint density at radius 1 is 1.24 bits per heavy atom. The van der Waals surface area contributed by atoms with Gasteiger partial charge in [-0.2, -0.15) is 0 Å². The largest absolute Gasteiger partial charge is 0.469 e. The van der Waals surface area contributed by atoms with Gasteiger partial charge in [-0.05, 0) is 19.0 Å². The quantitative estimate of drug-likeness (QED) is 0.738. The number of nitrogens with zero attached hydrogens (tertiary/aromatic N) is 1. The first-order valence-electron chi connectivity index (χ1n) is 7.16. The molecule has 1 amide bonds. The second kappa shape index (κ2) is 9.13. The Hall–Kier alpha value is -1.88. The molecule has 0 unspecified atom stereocenters. The lowest BCUT2D eigenvalue weighted by Gasteiger charge is -2.19. The van der Waals surface area contributed by atoms with Crippen molar-refractivity contribution in [1.82, 2.24) is 10.2 Å². The van der Waals surface area contributed by atoms with Crippen molar-refractivity contribution >= 4 is 11.9 Å². The molecule has 1 aromatic carbocycles. The minimum Gasteiger partial charge on any atom is -0.469 e. The second-order valence-electron chi connectivity index (χ2n) is 4.96. The minimum atomic E-state index is -0.256. The number of hydrogen-bond acceptors (Lipinski definition) is 4. The van der Waals surface area contributed by atoms with E-state index >= 15 is 0 Å². The molecule has 0 heterocycles. The Bertz CT molecular complexity index is 457. The standard InChI is InChI=1S/C16H24N2O3/c1-4-18(10-9-16(20)21-3)12-15(19)17-11-14-7-5-13(2)6-8-14/h5-8H,4,9-12H2,1-3H3,(H,17,19). The first kappa shape index (κ1) is 17.2. The fourth-order valence-electron chi connectivity index (χ4n) is 1.87. The first-order valence-corrected chi connectivity index (χ1v) is 7.16. The highest BCUT2D eigenvalue weighted by Gasteiger charge is 2.11. The summed E-state index contributed by atoms with van der Waals surface area (Å²) < 4.78 is 4.60. The third-order valence-electron chi connectivity index (χ3n) is 3.28. The molecular weight excluding hydrogens is 268 g/mol. The maximum absolute atomic E-state index is 11.9. The molecule has 0 bridgehead atoms. The van der Waals surface area contributed by atoms with E-state index in [9.17, 15) is 9.59 Å². The van der Waals surface area contributed by atoms with Crippen molar-refractivity contribution in [2.45, 2.75) is 26.8 Å². The SMILES string of the molecule is CCN(CCC(=O)OC)CC(=O)NCc1ccc(C)cc1. The molecule has 0 saturated carbocycles. The number of likely N-dealkylation sites (N-methyl/N-ethyl adjacent to an activating group) is 1. The Kier molecular flexibility index (Phi) is 7.46. The average molecular weight is 292 g/mol. The van der Waals surface area contributed by atoms with Gasteiger partial charge < -0.3 is 10.1 Å². The molecule has 0 aliphatic carbocycles. The second-order valence-corrected chi connectivity index (χ2v) is 4.96. The van der Waals surface area contributed by atoms with E-state index in [0.717, 1.165) is 12.1 Å². The third kappa shape index (κ3) is 6.90. The van der Waals surface area contributed by atoms with E-state index in [1.807, 2.05) is 43.0 Å². The van der Waals surface area contributed by atoms with Crippen molar-refractivity contribution < 1.29 is 14.3 Å². The number of carbonyl (C=O) groups is 2. The molecule has 5 heteroatoms. The lowest BCUT2D eigenvalue weighted by Crippen LogP contribution is -2.38. The van der Waals surface area contributed by atoms with E-state index in [1.54, 1.807) is 0 Å². The van der Waals surface area contributed by atoms with Crippen molar-refractivity contribution in [2.75, 3.05) is 26.7 Å². The average Bonchev–Trinajstić information content (AvgIpc) is 2.50. The number of amides is 1. The number of aryl methyl sites for hydroxylation is 1. The maximum Gasteiger partial charge on any atom is 0.306 e. The lowest BCUT2D eigenvalue weighted by molar-refractivity contribution is -0.141. The normalized spacial score (nSPS) is 10.5. The molecule has 21 heavy (non-hydrogen) atoms. The summed E-state index contributed by atoms with van der Waals surface area (Å²) in [5.74, 6) is -0.296. The van der Waals surface area contributed by atoms with Crippen LogP contribution in [0.25, 0.3) is 0 Å². The van der Waals surface area contributed by atoms with Crippen LogP contribution in [0.1, 0.15) is 24.5 Å². The van der Waals surface area contributed by atoms with E-state index in [0.29, 0.717) is 26.1 Å². The molecule has 0 saturated heterocycles. The molecule has 0 radical (unpaired) electrons. The molecule has 116 valence electrons. The molecule has 0 atom stereocenters. The highest BCUT2D eigenvalue weighted by molar-refractivity contribution is 5.78. The number of benzene rings is 1. The number of esters is 1. The Morgan fingerprint density at radius 2 is 1.90 bits per heavy atom. The van der Waals surface area contributed by atoms with Crippen molar-refractivity contribution in [2.24, 2.45) is 0 Å². The van der Waals surface area contributed by atoms with Crippen LogP contribution in [-0.2, 0) is 20.9 Å². The van der Waals surface area contributed by atoms with Gasteiger partial charge in [0.2, 0.25) is 5.91 Å². The highest BCUT2D eigenvalue weighted by Crippen LogP contribution is 2.02. The van der Waals surface area contributed by atoms with E-state index in [1.165, 1.54) is 12.7 Å². The summed E-state index contributed by atoms with van der Waals surface area (Å²) in [4.78, 5) is 24.9. The lowest BCUT2D eigenvalue weighted by atomic mass is 10.1. The Labute approximate surface area is 126 Å². The zero-order valence-electron chi connectivity index (χ0n) is 13.0. The first-order chi connectivity index (χ1) is 10.0. The predicted molar refractivity (Wildman–Crippen MR) is 81.8 cm³/mol. The number of rotatable bonds is 8. The van der Waals surface area contributed by atoms with E-state index in [-0.39, 0.29) is 11.9 Å². The number of ether oxygens (including phenoxy) is 1. The number of methoxy groups -OCH3 is 1. The van der Waals surface area contributed by atoms with Gasteiger partial charge in [0.05, 0.1) is 20.1 Å². The third-order valence-corrected chi connectivity index (χ3v) is 3.28. The Morgan fingerprint density at radius 3 is 2.48 bits per heavy atom. The molecule has 0 aromatic heterocycles. The zero-order valence-corrected chi connectivity index (χ0v) is 13.0. The molecule has 0 fully saturated rings. The smallest absolute Gasteiger partial charge is 0.306 e. The topological polar surface area (TPSA) is 58.6 Å². The highest BCUT2D eigenvalue weighted by atomic mass is 16.5. The summed E-state index contributed by atoms with van der Waals surface area (Å²) in [5.41, 5.74) is 2.27. The predicted octanol–water partition coefficient (Wildman–Crippen LogP) is 1.50. The van der Waals surface area contributed by atoms with Gasteiger partial charge in [0.15, 0.2) is 0 Å². The van der Waals surface area contributed by atoms with Crippen molar-refractivity contribution in [3.8, 4) is 0 Å². The molecule has 1 N–H and O–H groups in total. The summed E-state index contributed by atoms with van der Waals surface area (Å²) >= 11 is 0. The fraction of sp³-hybridized carbons (Fsp3) is 0.500. The molecule has 0 aliphatic heterocycles. The fourth-order valence-corrected chi connectivity index (χ4v) is 1.87. The number of nitrogens with one attached hydrogen (secondary N) is 1. The van der Waals surface area contributed by atoms with Gasteiger partial charge in [-0.15, -0.1) is 0 Å². The number of hydrogen-bond donors (Lipinski definition) is 1. The van der Waals surface area contributed by atoms with Gasteiger partial charge in [0.25, 0.3) is 0 Å². The van der Waals surface area contributed by atoms with Crippen LogP contribution in [0, 0.1) is 6.92 Å². The van der Waals surface area contributed by atoms with Crippen LogP contribution in [0.3, 0.4) is 0 Å². The Balaban J connectivity index is 2.33. The van der Waals surface area contributed by atoms with Crippen LogP contribution in [0.4, 0.5) is 0 Å². The zero-order chi connectivity index (χ0) is 15.7. The van der Waals surface area contributed by atoms with Crippen LogP contribution >= 0.6 is 0 Å². The van der Waals surface area contributed by atoms with Gasteiger partial charge >= 0.3 is 5.97 Å². The van der Waals surface area contributed by atoms with Crippen molar-refractivity contribution in [3.63, 3.8) is 0 Å². The van der Waals surface area contributed by atoms with E-state index in [2.05, 4.69) is 10.1 Å². The van der Waals surface area contributed by atoms with Crippen LogP contribution in [0.2, 0.25) is 0 Å². The maximum atomic E-state index is 11.9. The van der Waals surface area contributed by atoms with Gasteiger partial charge in [-0.25, -0.2) is 0 Å². The van der Waals surface area contributed by atoms with Gasteiger partial charge in [0, 0.05) is 13.1 Å². The molecular formula is C16H24N2O3. The van der Waals surface area contributed by atoms with E-state index < -0.39 is 0 Å². The van der Waals surface area contributed by atoms with Crippen LogP contribution in [-0.4, -0.2) is 43.5 Å². The monoisotopic (exact) mass is 292 g/mol. The van der Waals surface area contributed by atoms with Gasteiger partial charge in [-0.1, -0.05) is 36.8 Å². The summed E-state index contributed by atoms with van der Waals surface area (Å²) in [6.45, 7) is 6.05. The molecule has 0 spiro atoms. The molecule has 1 rings (SSSR count). The minimum absolute atomic E-state index is 0.0395. The molecule has 0 aliphatic rings. The van der Waals surface area contributed by atoms with Crippen molar-refractivity contribution in [1.29, 1.82) is 0 Å². The molecule has 1 aromatic rings.